The minimum atomic E-state index is -0.0322. The molecule has 0 aliphatic rings. The van der Waals surface area contributed by atoms with Crippen LogP contribution in [0.3, 0.4) is 0 Å². The van der Waals surface area contributed by atoms with Crippen molar-refractivity contribution in [3.63, 3.8) is 0 Å². The Hall–Kier alpha value is -1.27. The molecule has 1 aromatic rings. The molecule has 1 heterocycles. The molecule has 0 saturated carbocycles. The lowest BCUT2D eigenvalue weighted by atomic mass is 10.1. The van der Waals surface area contributed by atoms with Crippen LogP contribution in [0.15, 0.2) is 11.4 Å². The molecule has 1 rings (SSSR count). The number of rotatable bonds is 6. The van der Waals surface area contributed by atoms with Gasteiger partial charge in [0.2, 0.25) is 5.91 Å². The largest absolute Gasteiger partial charge is 0.345 e. The van der Waals surface area contributed by atoms with Crippen LogP contribution in [0, 0.1) is 11.8 Å². The van der Waals surface area contributed by atoms with E-state index in [0.717, 1.165) is 11.3 Å². The topological polar surface area (TPSA) is 29.1 Å². The third-order valence-corrected chi connectivity index (χ3v) is 3.55. The van der Waals surface area contributed by atoms with Gasteiger partial charge in [0.05, 0.1) is 11.4 Å². The Labute approximate surface area is 114 Å². The van der Waals surface area contributed by atoms with Crippen LogP contribution in [0.25, 0.3) is 0 Å². The standard InChI is InChI=1S/C15H21NOS/c1-3-4-5-6-8-14-10-12-18-15(14)9-7-11-16-13(2)17/h10,12H,3-6,8,11H2,1-2H3,(H,16,17). The van der Waals surface area contributed by atoms with Gasteiger partial charge in [0.25, 0.3) is 0 Å². The van der Waals surface area contributed by atoms with Crippen LogP contribution in [0.2, 0.25) is 0 Å². The van der Waals surface area contributed by atoms with Crippen LogP contribution in [0.4, 0.5) is 0 Å². The zero-order valence-corrected chi connectivity index (χ0v) is 12.0. The summed E-state index contributed by atoms with van der Waals surface area (Å²) in [6, 6.07) is 2.17. The van der Waals surface area contributed by atoms with Crippen molar-refractivity contribution >= 4 is 17.2 Å². The summed E-state index contributed by atoms with van der Waals surface area (Å²) in [4.78, 5) is 11.8. The van der Waals surface area contributed by atoms with Gasteiger partial charge in [-0.15, -0.1) is 11.3 Å². The summed E-state index contributed by atoms with van der Waals surface area (Å²) in [7, 11) is 0. The van der Waals surface area contributed by atoms with Crippen molar-refractivity contribution in [2.75, 3.05) is 6.54 Å². The Morgan fingerprint density at radius 1 is 1.39 bits per heavy atom. The molecular weight excluding hydrogens is 242 g/mol. The van der Waals surface area contributed by atoms with Gasteiger partial charge in [-0.2, -0.15) is 0 Å². The van der Waals surface area contributed by atoms with E-state index in [1.54, 1.807) is 11.3 Å². The highest BCUT2D eigenvalue weighted by Crippen LogP contribution is 2.18. The number of aryl methyl sites for hydroxylation is 1. The van der Waals surface area contributed by atoms with Crippen molar-refractivity contribution in [3.8, 4) is 11.8 Å². The fourth-order valence-corrected chi connectivity index (χ4v) is 2.50. The highest BCUT2D eigenvalue weighted by molar-refractivity contribution is 7.10. The van der Waals surface area contributed by atoms with E-state index in [4.69, 9.17) is 0 Å². The van der Waals surface area contributed by atoms with Crippen molar-refractivity contribution < 1.29 is 4.79 Å². The SMILES string of the molecule is CCCCCCc1ccsc1C#CCNC(C)=O. The minimum absolute atomic E-state index is 0.0322. The van der Waals surface area contributed by atoms with Gasteiger partial charge in [-0.1, -0.05) is 38.0 Å². The highest BCUT2D eigenvalue weighted by Gasteiger charge is 2.01. The number of carbonyl (C=O) groups excluding carboxylic acids is 1. The molecule has 3 heteroatoms. The van der Waals surface area contributed by atoms with Gasteiger partial charge in [-0.3, -0.25) is 4.79 Å². The van der Waals surface area contributed by atoms with Crippen molar-refractivity contribution in [1.29, 1.82) is 0 Å². The van der Waals surface area contributed by atoms with E-state index in [0.29, 0.717) is 6.54 Å². The molecule has 98 valence electrons. The molecule has 0 fully saturated rings. The third-order valence-electron chi connectivity index (χ3n) is 2.67. The van der Waals surface area contributed by atoms with Crippen LogP contribution < -0.4 is 5.32 Å². The molecule has 0 unspecified atom stereocenters. The molecule has 0 aliphatic heterocycles. The summed E-state index contributed by atoms with van der Waals surface area (Å²) in [5.74, 6) is 6.10. The predicted molar refractivity (Wildman–Crippen MR) is 77.7 cm³/mol. The molecule has 18 heavy (non-hydrogen) atoms. The van der Waals surface area contributed by atoms with E-state index >= 15 is 0 Å². The van der Waals surface area contributed by atoms with Gasteiger partial charge >= 0.3 is 0 Å². The van der Waals surface area contributed by atoms with Crippen LogP contribution in [0.1, 0.15) is 50.0 Å². The molecule has 0 radical (unpaired) electrons. The summed E-state index contributed by atoms with van der Waals surface area (Å²) in [5, 5.41) is 4.77. The molecule has 0 spiro atoms. The number of nitrogens with one attached hydrogen (secondary N) is 1. The Morgan fingerprint density at radius 3 is 2.94 bits per heavy atom. The molecular formula is C15H21NOS. The molecule has 1 amide bonds. The second kappa shape index (κ2) is 8.77. The lowest BCUT2D eigenvalue weighted by Gasteiger charge is -1.99. The first-order valence-corrected chi connectivity index (χ1v) is 7.41. The lowest BCUT2D eigenvalue weighted by molar-refractivity contribution is -0.118. The minimum Gasteiger partial charge on any atom is -0.345 e. The second-order valence-electron chi connectivity index (χ2n) is 4.30. The normalized spacial score (nSPS) is 9.67. The predicted octanol–water partition coefficient (Wildman–Crippen LogP) is 3.36. The summed E-state index contributed by atoms with van der Waals surface area (Å²) >= 11 is 1.69. The molecule has 0 bridgehead atoms. The quantitative estimate of drug-likeness (QED) is 0.619. The van der Waals surface area contributed by atoms with Crippen LogP contribution in [0.5, 0.6) is 0 Å². The molecule has 0 aliphatic carbocycles. The monoisotopic (exact) mass is 263 g/mol. The van der Waals surface area contributed by atoms with Gasteiger partial charge in [0.1, 0.15) is 0 Å². The van der Waals surface area contributed by atoms with E-state index in [2.05, 4.69) is 35.5 Å². The maximum absolute atomic E-state index is 10.7. The van der Waals surface area contributed by atoms with E-state index in [1.165, 1.54) is 38.2 Å². The molecule has 0 atom stereocenters. The Morgan fingerprint density at radius 2 is 2.22 bits per heavy atom. The maximum atomic E-state index is 10.7. The number of hydrogen-bond acceptors (Lipinski definition) is 2. The van der Waals surface area contributed by atoms with Gasteiger partial charge in [-0.05, 0) is 29.9 Å². The fraction of sp³-hybridized carbons (Fsp3) is 0.533. The number of carbonyl (C=O) groups is 1. The fourth-order valence-electron chi connectivity index (χ4n) is 1.68. The summed E-state index contributed by atoms with van der Waals surface area (Å²) < 4.78 is 0. The van der Waals surface area contributed by atoms with Crippen molar-refractivity contribution in [2.45, 2.75) is 46.0 Å². The average Bonchev–Trinajstić information content (AvgIpc) is 2.78. The Balaban J connectivity index is 2.41. The van der Waals surface area contributed by atoms with Crippen molar-refractivity contribution in [3.05, 3.63) is 21.9 Å². The van der Waals surface area contributed by atoms with Gasteiger partial charge in [0.15, 0.2) is 0 Å². The van der Waals surface area contributed by atoms with Crippen molar-refractivity contribution in [2.24, 2.45) is 0 Å². The first-order valence-electron chi connectivity index (χ1n) is 6.53. The van der Waals surface area contributed by atoms with Crippen LogP contribution >= 0.6 is 11.3 Å². The summed E-state index contributed by atoms with van der Waals surface area (Å²) in [6.45, 7) is 4.16. The van der Waals surface area contributed by atoms with Gasteiger partial charge < -0.3 is 5.32 Å². The van der Waals surface area contributed by atoms with Crippen LogP contribution in [-0.2, 0) is 11.2 Å². The molecule has 2 nitrogen and oxygen atoms in total. The number of unbranched alkanes of at least 4 members (excludes halogenated alkanes) is 3. The average molecular weight is 263 g/mol. The Bertz CT molecular complexity index is 425. The second-order valence-corrected chi connectivity index (χ2v) is 5.21. The first kappa shape index (κ1) is 14.8. The third kappa shape index (κ3) is 5.88. The first-order chi connectivity index (χ1) is 8.74. The highest BCUT2D eigenvalue weighted by atomic mass is 32.1. The molecule has 1 N–H and O–H groups in total. The van der Waals surface area contributed by atoms with Gasteiger partial charge in [0, 0.05) is 6.92 Å². The molecule has 0 aromatic carbocycles. The lowest BCUT2D eigenvalue weighted by Crippen LogP contribution is -2.19. The maximum Gasteiger partial charge on any atom is 0.217 e. The van der Waals surface area contributed by atoms with E-state index in [9.17, 15) is 4.79 Å². The number of hydrogen-bond donors (Lipinski definition) is 1. The number of thiophene rings is 1. The zero-order chi connectivity index (χ0) is 13.2. The van der Waals surface area contributed by atoms with Gasteiger partial charge in [-0.25, -0.2) is 0 Å². The van der Waals surface area contributed by atoms with Crippen LogP contribution in [-0.4, -0.2) is 12.5 Å². The number of amides is 1. The van der Waals surface area contributed by atoms with Crippen molar-refractivity contribution in [1.82, 2.24) is 5.32 Å². The zero-order valence-electron chi connectivity index (χ0n) is 11.2. The summed E-state index contributed by atoms with van der Waals surface area (Å²) in [6.07, 6.45) is 6.24. The van der Waals surface area contributed by atoms with E-state index < -0.39 is 0 Å². The molecule has 0 saturated heterocycles. The Kier molecular flexibility index (Phi) is 7.20. The smallest absolute Gasteiger partial charge is 0.217 e. The molecule has 1 aromatic heterocycles. The van der Waals surface area contributed by atoms with E-state index in [1.807, 2.05) is 0 Å². The van der Waals surface area contributed by atoms with E-state index in [-0.39, 0.29) is 5.91 Å². The summed E-state index contributed by atoms with van der Waals surface area (Å²) in [5.41, 5.74) is 1.35.